The molecule has 6 heteroatoms. The molecule has 2 heterocycles. The molecule has 1 fully saturated rings. The maximum absolute atomic E-state index is 5.66. The van der Waals surface area contributed by atoms with Gasteiger partial charge in [-0.15, -0.1) is 0 Å². The van der Waals surface area contributed by atoms with Gasteiger partial charge in [0.25, 0.3) is 0 Å². The first-order chi connectivity index (χ1) is 8.08. The monoisotopic (exact) mass is 299 g/mol. The molecule has 2 rings (SSSR count). The SMILES string of the molecule is CN(C)CC1CCCN1c1nc(N)ncc1Br. The van der Waals surface area contributed by atoms with Gasteiger partial charge in [0.15, 0.2) is 0 Å². The Morgan fingerprint density at radius 1 is 1.59 bits per heavy atom. The molecule has 5 nitrogen and oxygen atoms in total. The van der Waals surface area contributed by atoms with Crippen molar-refractivity contribution in [3.63, 3.8) is 0 Å². The maximum atomic E-state index is 5.66. The summed E-state index contributed by atoms with van der Waals surface area (Å²) in [6.45, 7) is 2.07. The number of nitrogens with two attached hydrogens (primary N) is 1. The fourth-order valence-corrected chi connectivity index (χ4v) is 2.72. The number of halogens is 1. The fourth-order valence-electron chi connectivity index (χ4n) is 2.30. The summed E-state index contributed by atoms with van der Waals surface area (Å²) in [6, 6.07) is 0.510. The van der Waals surface area contributed by atoms with Gasteiger partial charge >= 0.3 is 0 Å². The summed E-state index contributed by atoms with van der Waals surface area (Å²) in [4.78, 5) is 12.9. The number of likely N-dealkylation sites (N-methyl/N-ethyl adjacent to an activating group) is 1. The Morgan fingerprint density at radius 3 is 3.06 bits per heavy atom. The predicted octanol–water partition coefficient (Wildman–Crippen LogP) is 1.35. The number of nitrogen functional groups attached to an aromatic ring is 1. The molecule has 0 amide bonds. The van der Waals surface area contributed by atoms with E-state index in [1.54, 1.807) is 6.20 Å². The van der Waals surface area contributed by atoms with E-state index in [0.29, 0.717) is 12.0 Å². The number of anilines is 2. The second kappa shape index (κ2) is 5.18. The Morgan fingerprint density at radius 2 is 2.35 bits per heavy atom. The summed E-state index contributed by atoms with van der Waals surface area (Å²) in [7, 11) is 4.19. The van der Waals surface area contributed by atoms with E-state index < -0.39 is 0 Å². The van der Waals surface area contributed by atoms with Gasteiger partial charge < -0.3 is 15.5 Å². The van der Waals surface area contributed by atoms with Gasteiger partial charge in [-0.05, 0) is 42.9 Å². The molecular weight excluding hydrogens is 282 g/mol. The van der Waals surface area contributed by atoms with Crippen molar-refractivity contribution in [1.29, 1.82) is 0 Å². The van der Waals surface area contributed by atoms with E-state index >= 15 is 0 Å². The molecule has 0 aromatic carbocycles. The quantitative estimate of drug-likeness (QED) is 0.913. The highest BCUT2D eigenvalue weighted by Crippen LogP contribution is 2.30. The topological polar surface area (TPSA) is 58.3 Å². The van der Waals surface area contributed by atoms with Crippen molar-refractivity contribution in [2.24, 2.45) is 0 Å². The molecular formula is C11H18BrN5. The standard InChI is InChI=1S/C11H18BrN5/c1-16(2)7-8-4-3-5-17(8)10-9(12)6-14-11(13)15-10/h6,8H,3-5,7H2,1-2H3,(H2,13,14,15). The van der Waals surface area contributed by atoms with Crippen LogP contribution in [0.4, 0.5) is 11.8 Å². The highest BCUT2D eigenvalue weighted by Gasteiger charge is 2.27. The van der Waals surface area contributed by atoms with Gasteiger partial charge in [0, 0.05) is 25.3 Å². The van der Waals surface area contributed by atoms with Gasteiger partial charge in [0.05, 0.1) is 4.47 Å². The molecule has 2 N–H and O–H groups in total. The molecule has 1 unspecified atom stereocenters. The summed E-state index contributed by atoms with van der Waals surface area (Å²) in [5.41, 5.74) is 5.66. The molecule has 0 radical (unpaired) electrons. The highest BCUT2D eigenvalue weighted by atomic mass is 79.9. The summed E-state index contributed by atoms with van der Waals surface area (Å²) >= 11 is 3.50. The highest BCUT2D eigenvalue weighted by molar-refractivity contribution is 9.10. The number of rotatable bonds is 3. The summed E-state index contributed by atoms with van der Waals surface area (Å²) in [5, 5.41) is 0. The lowest BCUT2D eigenvalue weighted by atomic mass is 10.2. The van der Waals surface area contributed by atoms with Gasteiger partial charge in [-0.3, -0.25) is 0 Å². The lowest BCUT2D eigenvalue weighted by Gasteiger charge is -2.28. The minimum Gasteiger partial charge on any atom is -0.368 e. The van der Waals surface area contributed by atoms with Crippen molar-refractivity contribution in [2.75, 3.05) is 37.8 Å². The van der Waals surface area contributed by atoms with Crippen LogP contribution in [0.15, 0.2) is 10.7 Å². The third-order valence-corrected chi connectivity index (χ3v) is 3.53. The molecule has 1 aromatic heterocycles. The Labute approximate surface area is 110 Å². The first-order valence-corrected chi connectivity index (χ1v) is 6.56. The lowest BCUT2D eigenvalue weighted by molar-refractivity contribution is 0.371. The van der Waals surface area contributed by atoms with Gasteiger partial charge in [0.1, 0.15) is 5.82 Å². The molecule has 1 atom stereocenters. The Balaban J connectivity index is 2.22. The molecule has 0 spiro atoms. The molecule has 0 aliphatic carbocycles. The van der Waals surface area contributed by atoms with E-state index in [-0.39, 0.29) is 0 Å². The van der Waals surface area contributed by atoms with Gasteiger partial charge in [-0.25, -0.2) is 4.98 Å². The second-order valence-corrected chi connectivity index (χ2v) is 5.51. The van der Waals surface area contributed by atoms with E-state index in [4.69, 9.17) is 5.73 Å². The van der Waals surface area contributed by atoms with Crippen LogP contribution in [0.5, 0.6) is 0 Å². The first-order valence-electron chi connectivity index (χ1n) is 5.77. The largest absolute Gasteiger partial charge is 0.368 e. The van der Waals surface area contributed by atoms with Crippen LogP contribution in [-0.2, 0) is 0 Å². The number of hydrogen-bond donors (Lipinski definition) is 1. The lowest BCUT2D eigenvalue weighted by Crippen LogP contribution is -2.38. The van der Waals surface area contributed by atoms with Crippen LogP contribution < -0.4 is 10.6 Å². The van der Waals surface area contributed by atoms with E-state index in [2.05, 4.69) is 49.8 Å². The van der Waals surface area contributed by atoms with E-state index in [0.717, 1.165) is 23.4 Å². The number of nitrogens with zero attached hydrogens (tertiary/aromatic N) is 4. The van der Waals surface area contributed by atoms with Crippen molar-refractivity contribution in [3.8, 4) is 0 Å². The zero-order valence-corrected chi connectivity index (χ0v) is 11.8. The van der Waals surface area contributed by atoms with Crippen LogP contribution >= 0.6 is 15.9 Å². The van der Waals surface area contributed by atoms with Crippen molar-refractivity contribution in [1.82, 2.24) is 14.9 Å². The normalized spacial score (nSPS) is 20.2. The predicted molar refractivity (Wildman–Crippen MR) is 73.1 cm³/mol. The van der Waals surface area contributed by atoms with E-state index in [9.17, 15) is 0 Å². The zero-order valence-electron chi connectivity index (χ0n) is 10.2. The summed E-state index contributed by atoms with van der Waals surface area (Å²) < 4.78 is 0.914. The van der Waals surface area contributed by atoms with Crippen LogP contribution in [0.25, 0.3) is 0 Å². The van der Waals surface area contributed by atoms with Crippen molar-refractivity contribution in [3.05, 3.63) is 10.7 Å². The maximum Gasteiger partial charge on any atom is 0.222 e. The average Bonchev–Trinajstić information content (AvgIpc) is 2.69. The van der Waals surface area contributed by atoms with Crippen molar-refractivity contribution < 1.29 is 0 Å². The van der Waals surface area contributed by atoms with Gasteiger partial charge in [0.2, 0.25) is 5.95 Å². The average molecular weight is 300 g/mol. The van der Waals surface area contributed by atoms with Crippen LogP contribution in [0.2, 0.25) is 0 Å². The van der Waals surface area contributed by atoms with Gasteiger partial charge in [-0.2, -0.15) is 4.98 Å². The molecule has 1 aliphatic heterocycles. The molecule has 0 saturated carbocycles. The smallest absolute Gasteiger partial charge is 0.222 e. The van der Waals surface area contributed by atoms with Crippen molar-refractivity contribution >= 4 is 27.7 Å². The molecule has 1 aliphatic rings. The Bertz CT molecular complexity index is 395. The second-order valence-electron chi connectivity index (χ2n) is 4.65. The summed E-state index contributed by atoms with van der Waals surface area (Å²) in [5.74, 6) is 1.25. The van der Waals surface area contributed by atoms with Crippen LogP contribution in [-0.4, -0.2) is 48.1 Å². The van der Waals surface area contributed by atoms with E-state index in [1.807, 2.05) is 0 Å². The fraction of sp³-hybridized carbons (Fsp3) is 0.636. The molecule has 0 bridgehead atoms. The molecule has 17 heavy (non-hydrogen) atoms. The Hall–Kier alpha value is -0.880. The summed E-state index contributed by atoms with van der Waals surface area (Å²) in [6.07, 6.45) is 4.13. The number of aromatic nitrogens is 2. The first kappa shape index (κ1) is 12.6. The van der Waals surface area contributed by atoms with Crippen LogP contribution in [0.1, 0.15) is 12.8 Å². The van der Waals surface area contributed by atoms with Crippen LogP contribution in [0.3, 0.4) is 0 Å². The minimum absolute atomic E-state index is 0.332. The Kier molecular flexibility index (Phi) is 3.83. The van der Waals surface area contributed by atoms with Crippen LogP contribution in [0, 0.1) is 0 Å². The zero-order chi connectivity index (χ0) is 12.4. The molecule has 94 valence electrons. The molecule has 1 saturated heterocycles. The third kappa shape index (κ3) is 2.87. The number of hydrogen-bond acceptors (Lipinski definition) is 5. The third-order valence-electron chi connectivity index (χ3n) is 2.97. The van der Waals surface area contributed by atoms with Gasteiger partial charge in [-0.1, -0.05) is 0 Å². The minimum atomic E-state index is 0.332. The molecule has 1 aromatic rings. The van der Waals surface area contributed by atoms with Crippen molar-refractivity contribution in [2.45, 2.75) is 18.9 Å². The van der Waals surface area contributed by atoms with E-state index in [1.165, 1.54) is 12.8 Å².